The van der Waals surface area contributed by atoms with Gasteiger partial charge in [-0.15, -0.1) is 0 Å². The first-order valence-corrected chi connectivity index (χ1v) is 13.6. The number of carbonyl (C=O) groups excluding carboxylic acids is 2. The van der Waals surface area contributed by atoms with Gasteiger partial charge in [0.15, 0.2) is 5.69 Å². The van der Waals surface area contributed by atoms with Crippen LogP contribution in [0.3, 0.4) is 0 Å². The second kappa shape index (κ2) is 13.1. The van der Waals surface area contributed by atoms with Crippen LogP contribution in [0, 0.1) is 17.2 Å². The Balaban J connectivity index is 1.52. The zero-order valence-electron chi connectivity index (χ0n) is 22.8. The van der Waals surface area contributed by atoms with Crippen molar-refractivity contribution < 1.29 is 22.8 Å². The van der Waals surface area contributed by atoms with Gasteiger partial charge >= 0.3 is 6.18 Å². The van der Waals surface area contributed by atoms with Gasteiger partial charge in [0, 0.05) is 35.5 Å². The lowest BCUT2D eigenvalue weighted by atomic mass is 9.81. The summed E-state index contributed by atoms with van der Waals surface area (Å²) in [6.07, 6.45) is -0.217. The predicted molar refractivity (Wildman–Crippen MR) is 152 cm³/mol. The van der Waals surface area contributed by atoms with Crippen LogP contribution >= 0.6 is 0 Å². The van der Waals surface area contributed by atoms with Gasteiger partial charge < -0.3 is 21.8 Å². The third-order valence-electron chi connectivity index (χ3n) is 7.55. The van der Waals surface area contributed by atoms with Crippen molar-refractivity contribution in [3.8, 4) is 11.1 Å². The van der Waals surface area contributed by atoms with Gasteiger partial charge in [-0.3, -0.25) is 14.6 Å². The van der Waals surface area contributed by atoms with Gasteiger partial charge in [0.25, 0.3) is 0 Å². The minimum atomic E-state index is -4.60. The SMILES string of the molecule is CC(=N)c1ccc(NC(=O)[C@H](Cc2ccc(-c3cccnc3C(F)(F)F)cc2)NC(=O)C2CCC(CN)CC2)cc1. The highest BCUT2D eigenvalue weighted by Gasteiger charge is 2.35. The van der Waals surface area contributed by atoms with Gasteiger partial charge in [0.2, 0.25) is 11.8 Å². The summed E-state index contributed by atoms with van der Waals surface area (Å²) in [7, 11) is 0. The van der Waals surface area contributed by atoms with Crippen molar-refractivity contribution in [3.05, 3.63) is 83.7 Å². The minimum Gasteiger partial charge on any atom is -0.344 e. The molecule has 1 saturated carbocycles. The molecule has 41 heavy (non-hydrogen) atoms. The zero-order valence-corrected chi connectivity index (χ0v) is 22.8. The van der Waals surface area contributed by atoms with Crippen LogP contribution in [0.4, 0.5) is 18.9 Å². The highest BCUT2D eigenvalue weighted by molar-refractivity contribution is 5.99. The molecule has 2 aromatic carbocycles. The van der Waals surface area contributed by atoms with Gasteiger partial charge in [-0.25, -0.2) is 0 Å². The van der Waals surface area contributed by atoms with Crippen molar-refractivity contribution in [3.63, 3.8) is 0 Å². The van der Waals surface area contributed by atoms with Gasteiger partial charge in [-0.05, 0) is 80.0 Å². The number of hydrogen-bond acceptors (Lipinski definition) is 5. The van der Waals surface area contributed by atoms with Crippen LogP contribution in [0.5, 0.6) is 0 Å². The van der Waals surface area contributed by atoms with Crippen LogP contribution in [-0.2, 0) is 22.2 Å². The molecule has 0 unspecified atom stereocenters. The molecule has 2 amide bonds. The quantitative estimate of drug-likeness (QED) is 0.253. The summed E-state index contributed by atoms with van der Waals surface area (Å²) >= 11 is 0. The number of alkyl halides is 3. The number of rotatable bonds is 9. The molecular weight excluding hydrogens is 531 g/mol. The number of anilines is 1. The van der Waals surface area contributed by atoms with E-state index in [1.54, 1.807) is 55.5 Å². The van der Waals surface area contributed by atoms with Crippen LogP contribution in [0.1, 0.15) is 49.4 Å². The Morgan fingerprint density at radius 2 is 1.68 bits per heavy atom. The van der Waals surface area contributed by atoms with Gasteiger partial charge in [-0.1, -0.05) is 42.5 Å². The van der Waals surface area contributed by atoms with Crippen LogP contribution in [-0.4, -0.2) is 35.1 Å². The van der Waals surface area contributed by atoms with E-state index in [4.69, 9.17) is 11.1 Å². The topological polar surface area (TPSA) is 121 Å². The lowest BCUT2D eigenvalue weighted by Crippen LogP contribution is -2.48. The first-order chi connectivity index (χ1) is 19.5. The van der Waals surface area contributed by atoms with E-state index < -0.39 is 23.8 Å². The Kier molecular flexibility index (Phi) is 9.54. The Hall–Kier alpha value is -4.05. The first-order valence-electron chi connectivity index (χ1n) is 13.6. The van der Waals surface area contributed by atoms with Crippen molar-refractivity contribution in [2.24, 2.45) is 17.6 Å². The summed E-state index contributed by atoms with van der Waals surface area (Å²) in [5.74, 6) is -0.417. The zero-order chi connectivity index (χ0) is 29.6. The fraction of sp³-hybridized carbons (Fsp3) is 0.355. The average molecular weight is 566 g/mol. The van der Waals surface area contributed by atoms with Crippen molar-refractivity contribution in [1.29, 1.82) is 5.41 Å². The third kappa shape index (κ3) is 7.79. The van der Waals surface area contributed by atoms with E-state index >= 15 is 0 Å². The molecule has 10 heteroatoms. The second-order valence-corrected chi connectivity index (χ2v) is 10.5. The summed E-state index contributed by atoms with van der Waals surface area (Å²) in [4.78, 5) is 30.1. The summed E-state index contributed by atoms with van der Waals surface area (Å²) in [6, 6.07) is 15.2. The number of nitrogens with one attached hydrogen (secondary N) is 3. The fourth-order valence-electron chi connectivity index (χ4n) is 5.11. The number of nitrogens with two attached hydrogens (primary N) is 1. The van der Waals surface area contributed by atoms with Crippen LogP contribution in [0.25, 0.3) is 11.1 Å². The predicted octanol–water partition coefficient (Wildman–Crippen LogP) is 5.59. The largest absolute Gasteiger partial charge is 0.433 e. The van der Waals surface area contributed by atoms with E-state index in [0.717, 1.165) is 24.6 Å². The first kappa shape index (κ1) is 29.9. The molecule has 1 aliphatic carbocycles. The average Bonchev–Trinajstić information content (AvgIpc) is 2.97. The van der Waals surface area contributed by atoms with E-state index in [2.05, 4.69) is 15.6 Å². The van der Waals surface area contributed by atoms with Crippen molar-refractivity contribution >= 4 is 23.2 Å². The van der Waals surface area contributed by atoms with Gasteiger partial charge in [-0.2, -0.15) is 13.2 Å². The summed E-state index contributed by atoms with van der Waals surface area (Å²) in [5.41, 5.74) is 7.44. The molecule has 216 valence electrons. The normalized spacial score (nSPS) is 17.9. The molecule has 5 N–H and O–H groups in total. The number of aromatic nitrogens is 1. The lowest BCUT2D eigenvalue weighted by Gasteiger charge is -2.28. The van der Waals surface area contributed by atoms with Crippen molar-refractivity contribution in [2.75, 3.05) is 11.9 Å². The van der Waals surface area contributed by atoms with E-state index in [1.165, 1.54) is 12.1 Å². The summed E-state index contributed by atoms with van der Waals surface area (Å²) in [5, 5.41) is 13.5. The van der Waals surface area contributed by atoms with E-state index in [-0.39, 0.29) is 23.8 Å². The standard InChI is InChI=1S/C31H34F3N5O2/c1-19(36)22-12-14-25(15-13-22)38-30(41)27(39-29(40)24-10-6-21(18-35)7-11-24)17-20-4-8-23(9-5-20)26-3-2-16-37-28(26)31(32,33)34/h2-5,8-9,12-16,21,24,27,36H,6-7,10-11,17-18,35H2,1H3,(H,38,41)(H,39,40)/t21?,24?,27-/m0/s1. The maximum Gasteiger partial charge on any atom is 0.433 e. The Morgan fingerprint density at radius 3 is 2.27 bits per heavy atom. The highest BCUT2D eigenvalue weighted by atomic mass is 19.4. The molecule has 3 aromatic rings. The minimum absolute atomic E-state index is 0.0363. The molecule has 0 aliphatic heterocycles. The van der Waals surface area contributed by atoms with Crippen LogP contribution in [0.2, 0.25) is 0 Å². The molecule has 4 rings (SSSR count). The third-order valence-corrected chi connectivity index (χ3v) is 7.55. The van der Waals surface area contributed by atoms with Gasteiger partial charge in [0.05, 0.1) is 0 Å². The molecule has 0 spiro atoms. The summed E-state index contributed by atoms with van der Waals surface area (Å²) in [6.45, 7) is 2.26. The van der Waals surface area contributed by atoms with Gasteiger partial charge in [0.1, 0.15) is 6.04 Å². The molecule has 0 bridgehead atoms. The number of carbonyl (C=O) groups is 2. The number of pyridine rings is 1. The molecular formula is C31H34F3N5O2. The van der Waals surface area contributed by atoms with E-state index in [1.807, 2.05) is 0 Å². The van der Waals surface area contributed by atoms with E-state index in [9.17, 15) is 22.8 Å². The highest BCUT2D eigenvalue weighted by Crippen LogP contribution is 2.35. The van der Waals surface area contributed by atoms with Crippen LogP contribution in [0.15, 0.2) is 66.9 Å². The maximum atomic E-state index is 13.5. The molecule has 1 atom stereocenters. The lowest BCUT2D eigenvalue weighted by molar-refractivity contribution is -0.140. The fourth-order valence-corrected chi connectivity index (χ4v) is 5.11. The Morgan fingerprint density at radius 1 is 1.02 bits per heavy atom. The summed E-state index contributed by atoms with van der Waals surface area (Å²) < 4.78 is 40.4. The number of amides is 2. The molecule has 0 saturated heterocycles. The monoisotopic (exact) mass is 565 g/mol. The second-order valence-electron chi connectivity index (χ2n) is 10.5. The number of hydrogen-bond donors (Lipinski definition) is 4. The van der Waals surface area contributed by atoms with E-state index in [0.29, 0.717) is 47.8 Å². The van der Waals surface area contributed by atoms with Crippen molar-refractivity contribution in [2.45, 2.75) is 51.2 Å². The Labute approximate surface area is 237 Å². The number of benzene rings is 2. The molecule has 7 nitrogen and oxygen atoms in total. The molecule has 1 aliphatic rings. The number of halogens is 3. The Bertz CT molecular complexity index is 1370. The maximum absolute atomic E-state index is 13.5. The molecule has 1 fully saturated rings. The molecule has 0 radical (unpaired) electrons. The van der Waals surface area contributed by atoms with Crippen LogP contribution < -0.4 is 16.4 Å². The molecule has 1 aromatic heterocycles. The smallest absolute Gasteiger partial charge is 0.344 e. The van der Waals surface area contributed by atoms with Crippen molar-refractivity contribution in [1.82, 2.24) is 10.3 Å². The molecule has 1 heterocycles. The number of nitrogens with zero attached hydrogens (tertiary/aromatic N) is 1.